The van der Waals surface area contributed by atoms with Gasteiger partial charge in [-0.15, -0.1) is 0 Å². The van der Waals surface area contributed by atoms with Crippen LogP contribution in [0.1, 0.15) is 41.5 Å². The largest absolute Gasteiger partial charge is 0.481 e. The number of aliphatic hydroxyl groups excluding tert-OH is 1. The van der Waals surface area contributed by atoms with Crippen molar-refractivity contribution in [1.82, 2.24) is 0 Å². The van der Waals surface area contributed by atoms with Crippen LogP contribution in [0.2, 0.25) is 0 Å². The van der Waals surface area contributed by atoms with Gasteiger partial charge < -0.3 is 10.2 Å². The fourth-order valence-corrected chi connectivity index (χ4v) is 5.41. The van der Waals surface area contributed by atoms with Crippen LogP contribution in [0.15, 0.2) is 65.8 Å². The molecule has 1 heterocycles. The van der Waals surface area contributed by atoms with Gasteiger partial charge >= 0.3 is 12.1 Å². The van der Waals surface area contributed by atoms with Crippen molar-refractivity contribution in [2.24, 2.45) is 16.9 Å². The van der Waals surface area contributed by atoms with Crippen molar-refractivity contribution in [2.75, 3.05) is 5.01 Å². The Morgan fingerprint density at radius 1 is 1.03 bits per heavy atom. The van der Waals surface area contributed by atoms with Crippen molar-refractivity contribution in [2.45, 2.75) is 51.4 Å². The molecule has 5 nitrogen and oxygen atoms in total. The smallest absolute Gasteiger partial charge is 0.431 e. The Labute approximate surface area is 223 Å². The summed E-state index contributed by atoms with van der Waals surface area (Å²) in [5.74, 6) is -2.69. The molecule has 9 heteroatoms. The van der Waals surface area contributed by atoms with E-state index < -0.39 is 36.2 Å². The fraction of sp³-hybridized carbons (Fsp3) is 0.333. The Hall–Kier alpha value is -3.72. The molecule has 39 heavy (non-hydrogen) atoms. The predicted octanol–water partition coefficient (Wildman–Crippen LogP) is 6.49. The third kappa shape index (κ3) is 5.68. The normalized spacial score (nSPS) is 19.3. The number of carboxylic acids is 1. The third-order valence-corrected chi connectivity index (χ3v) is 7.53. The molecule has 0 radical (unpaired) electrons. The van der Waals surface area contributed by atoms with E-state index in [9.17, 15) is 32.6 Å². The Kier molecular flexibility index (Phi) is 7.20. The second-order valence-electron chi connectivity index (χ2n) is 10.3. The summed E-state index contributed by atoms with van der Waals surface area (Å²) < 4.78 is 55.8. The lowest BCUT2D eigenvalue weighted by molar-refractivity contribution is -0.137. The van der Waals surface area contributed by atoms with Crippen molar-refractivity contribution in [3.05, 3.63) is 88.7 Å². The van der Waals surface area contributed by atoms with Gasteiger partial charge in [0.05, 0.1) is 24.8 Å². The van der Waals surface area contributed by atoms with Gasteiger partial charge in [-0.3, -0.25) is 9.80 Å². The molecule has 1 saturated carbocycles. The summed E-state index contributed by atoms with van der Waals surface area (Å²) in [6.07, 6.45) is -3.23. The van der Waals surface area contributed by atoms with Gasteiger partial charge in [-0.1, -0.05) is 36.4 Å². The van der Waals surface area contributed by atoms with Crippen LogP contribution in [-0.4, -0.2) is 34.1 Å². The minimum absolute atomic E-state index is 0.182. The first-order valence-corrected chi connectivity index (χ1v) is 12.8. The number of nitrogens with zero attached hydrogens (tertiary/aromatic N) is 2. The lowest BCUT2D eigenvalue weighted by Gasteiger charge is -2.27. The van der Waals surface area contributed by atoms with E-state index in [1.165, 1.54) is 17.1 Å². The maximum Gasteiger partial charge on any atom is 0.431 e. The molecule has 0 saturated heterocycles. The topological polar surface area (TPSA) is 73.1 Å². The van der Waals surface area contributed by atoms with Crippen LogP contribution in [0.25, 0.3) is 11.1 Å². The number of aryl methyl sites for hydroxylation is 1. The van der Waals surface area contributed by atoms with Crippen LogP contribution in [0.3, 0.4) is 0 Å². The Bertz CT molecular complexity index is 1410. The van der Waals surface area contributed by atoms with Gasteiger partial charge in [-0.05, 0) is 84.2 Å². The summed E-state index contributed by atoms with van der Waals surface area (Å²) in [5, 5.41) is 24.0. The highest BCUT2D eigenvalue weighted by atomic mass is 19.4. The van der Waals surface area contributed by atoms with Gasteiger partial charge in [-0.25, -0.2) is 4.39 Å². The zero-order valence-corrected chi connectivity index (χ0v) is 21.3. The summed E-state index contributed by atoms with van der Waals surface area (Å²) in [7, 11) is 0. The standard InChI is InChI=1S/C30H28F4N2O3/c1-17-12-22(24-14-19(16-37)4-11-25(24)31)8-7-21(17)13-18-2-9-23(10-3-18)36-26(15-27(38)39)28(20-5-6-20)29(35-36)30(32,33)34/h2-4,7-12,14,20,26,28,37H,5-6,13,15-16H2,1H3,(H,38,39). The van der Waals surface area contributed by atoms with Crippen molar-refractivity contribution in [1.29, 1.82) is 0 Å². The van der Waals surface area contributed by atoms with E-state index in [-0.39, 0.29) is 18.3 Å². The number of carbonyl (C=O) groups is 1. The maximum absolute atomic E-state index is 14.4. The van der Waals surface area contributed by atoms with Crippen molar-refractivity contribution < 1.29 is 32.6 Å². The second kappa shape index (κ2) is 10.4. The summed E-state index contributed by atoms with van der Waals surface area (Å²) in [6, 6.07) is 16.2. The minimum Gasteiger partial charge on any atom is -0.481 e. The molecule has 1 aliphatic carbocycles. The number of rotatable bonds is 8. The first-order chi connectivity index (χ1) is 18.5. The lowest BCUT2D eigenvalue weighted by atomic mass is 9.88. The number of benzene rings is 3. The second-order valence-corrected chi connectivity index (χ2v) is 10.3. The summed E-state index contributed by atoms with van der Waals surface area (Å²) >= 11 is 0. The SMILES string of the molecule is Cc1cc(-c2cc(CO)ccc2F)ccc1Cc1ccc(N2N=C(C(F)(F)F)C(C3CC3)C2CC(=O)O)cc1. The molecule has 0 aromatic heterocycles. The molecule has 0 bridgehead atoms. The molecule has 3 aromatic rings. The number of aliphatic carboxylic acids is 1. The van der Waals surface area contributed by atoms with E-state index in [1.54, 1.807) is 30.3 Å². The molecule has 0 amide bonds. The minimum atomic E-state index is -4.62. The number of aliphatic hydroxyl groups is 1. The average molecular weight is 541 g/mol. The maximum atomic E-state index is 14.4. The van der Waals surface area contributed by atoms with Gasteiger partial charge in [0.25, 0.3) is 0 Å². The van der Waals surface area contributed by atoms with Gasteiger partial charge in [0, 0.05) is 11.5 Å². The van der Waals surface area contributed by atoms with Crippen LogP contribution in [0.4, 0.5) is 23.2 Å². The van der Waals surface area contributed by atoms with E-state index >= 15 is 0 Å². The van der Waals surface area contributed by atoms with E-state index in [4.69, 9.17) is 0 Å². The number of hydrogen-bond donors (Lipinski definition) is 2. The molecule has 204 valence electrons. The first-order valence-electron chi connectivity index (χ1n) is 12.8. The lowest BCUT2D eigenvalue weighted by Crippen LogP contribution is -2.39. The molecule has 1 fully saturated rings. The number of anilines is 1. The van der Waals surface area contributed by atoms with Crippen molar-refractivity contribution >= 4 is 17.4 Å². The zero-order chi connectivity index (χ0) is 27.9. The molecule has 2 unspecified atom stereocenters. The van der Waals surface area contributed by atoms with E-state index in [0.29, 0.717) is 41.6 Å². The first kappa shape index (κ1) is 26.9. The number of hydrogen-bond acceptors (Lipinski definition) is 4. The van der Waals surface area contributed by atoms with E-state index in [1.807, 2.05) is 25.1 Å². The number of halogens is 4. The van der Waals surface area contributed by atoms with Crippen LogP contribution < -0.4 is 5.01 Å². The summed E-state index contributed by atoms with van der Waals surface area (Å²) in [5.41, 5.74) is 4.10. The molecule has 0 spiro atoms. The van der Waals surface area contributed by atoms with Crippen molar-refractivity contribution in [3.8, 4) is 11.1 Å². The van der Waals surface area contributed by atoms with Gasteiger partial charge in [0.15, 0.2) is 0 Å². The van der Waals surface area contributed by atoms with E-state index in [2.05, 4.69) is 5.10 Å². The molecule has 3 aromatic carbocycles. The van der Waals surface area contributed by atoms with Crippen LogP contribution in [0, 0.1) is 24.6 Å². The van der Waals surface area contributed by atoms with Crippen molar-refractivity contribution in [3.63, 3.8) is 0 Å². The zero-order valence-electron chi connectivity index (χ0n) is 21.3. The highest BCUT2D eigenvalue weighted by Gasteiger charge is 2.55. The molecular weight excluding hydrogens is 512 g/mol. The van der Waals surface area contributed by atoms with Crippen LogP contribution >= 0.6 is 0 Å². The number of carboxylic acid groups (broad SMARTS) is 1. The Morgan fingerprint density at radius 3 is 2.31 bits per heavy atom. The molecule has 5 rings (SSSR count). The third-order valence-electron chi connectivity index (χ3n) is 7.53. The average Bonchev–Trinajstić information content (AvgIpc) is 3.66. The molecule has 2 N–H and O–H groups in total. The number of hydrazone groups is 1. The molecule has 1 aliphatic heterocycles. The summed E-state index contributed by atoms with van der Waals surface area (Å²) in [6.45, 7) is 1.74. The molecule has 2 aliphatic rings. The summed E-state index contributed by atoms with van der Waals surface area (Å²) in [4.78, 5) is 11.5. The predicted molar refractivity (Wildman–Crippen MR) is 140 cm³/mol. The van der Waals surface area contributed by atoms with Crippen LogP contribution in [-0.2, 0) is 17.8 Å². The Balaban J connectivity index is 1.37. The van der Waals surface area contributed by atoms with Crippen LogP contribution in [0.5, 0.6) is 0 Å². The van der Waals surface area contributed by atoms with E-state index in [0.717, 1.165) is 16.7 Å². The molecule has 2 atom stereocenters. The highest BCUT2D eigenvalue weighted by Crippen LogP contribution is 2.48. The van der Waals surface area contributed by atoms with Gasteiger partial charge in [0.2, 0.25) is 0 Å². The van der Waals surface area contributed by atoms with Gasteiger partial charge in [-0.2, -0.15) is 18.3 Å². The monoisotopic (exact) mass is 540 g/mol. The highest BCUT2D eigenvalue weighted by molar-refractivity contribution is 5.96. The Morgan fingerprint density at radius 2 is 1.72 bits per heavy atom. The quantitative estimate of drug-likeness (QED) is 0.320. The van der Waals surface area contributed by atoms with Gasteiger partial charge in [0.1, 0.15) is 11.5 Å². The fourth-order valence-electron chi connectivity index (χ4n) is 5.41. The molecular formula is C30H28F4N2O3. The number of alkyl halides is 3.